The normalized spacial score (nSPS) is 10.8. The average Bonchev–Trinajstić information content (AvgIpc) is 3.18. The first-order valence-electron chi connectivity index (χ1n) is 9.78. The standard InChI is InChI=1S/C25H23NO4/c1-4-16-5-9-18(10-6-16)26-25(27)23-21-15-20(29-3)13-14-22(21)30-24(23)17-7-11-19(28-2)12-8-17/h5-15H,4H2,1-3H3,(H,26,27). The molecule has 0 aliphatic heterocycles. The molecule has 3 aromatic carbocycles. The topological polar surface area (TPSA) is 60.7 Å². The van der Waals surface area contributed by atoms with Crippen molar-refractivity contribution in [2.45, 2.75) is 13.3 Å². The zero-order valence-electron chi connectivity index (χ0n) is 17.2. The number of hydrogen-bond donors (Lipinski definition) is 1. The van der Waals surface area contributed by atoms with Crippen LogP contribution in [0.25, 0.3) is 22.3 Å². The first-order chi connectivity index (χ1) is 14.6. The van der Waals surface area contributed by atoms with Gasteiger partial charge in [-0.3, -0.25) is 4.79 Å². The molecular formula is C25H23NO4. The number of nitrogens with one attached hydrogen (secondary N) is 1. The molecule has 0 aliphatic carbocycles. The Labute approximate surface area is 175 Å². The lowest BCUT2D eigenvalue weighted by atomic mass is 10.0. The van der Waals surface area contributed by atoms with E-state index >= 15 is 0 Å². The number of fused-ring (bicyclic) bond motifs is 1. The van der Waals surface area contributed by atoms with E-state index in [0.717, 1.165) is 23.4 Å². The maximum atomic E-state index is 13.3. The lowest BCUT2D eigenvalue weighted by molar-refractivity contribution is 0.102. The van der Waals surface area contributed by atoms with Crippen LogP contribution in [0.3, 0.4) is 0 Å². The molecule has 5 nitrogen and oxygen atoms in total. The van der Waals surface area contributed by atoms with Crippen molar-refractivity contribution in [1.29, 1.82) is 0 Å². The summed E-state index contributed by atoms with van der Waals surface area (Å²) < 4.78 is 16.7. The molecular weight excluding hydrogens is 378 g/mol. The number of rotatable bonds is 6. The number of ether oxygens (including phenoxy) is 2. The van der Waals surface area contributed by atoms with Gasteiger partial charge in [-0.2, -0.15) is 0 Å². The number of anilines is 1. The van der Waals surface area contributed by atoms with Gasteiger partial charge in [0.1, 0.15) is 22.8 Å². The van der Waals surface area contributed by atoms with E-state index in [9.17, 15) is 4.79 Å². The van der Waals surface area contributed by atoms with Crippen molar-refractivity contribution < 1.29 is 18.7 Å². The number of carbonyl (C=O) groups excluding carboxylic acids is 1. The Morgan fingerprint density at radius 2 is 1.57 bits per heavy atom. The minimum Gasteiger partial charge on any atom is -0.497 e. The Morgan fingerprint density at radius 3 is 2.20 bits per heavy atom. The minimum atomic E-state index is -0.239. The monoisotopic (exact) mass is 401 g/mol. The van der Waals surface area contributed by atoms with Crippen LogP contribution in [0.1, 0.15) is 22.8 Å². The Hall–Kier alpha value is -3.73. The lowest BCUT2D eigenvalue weighted by Crippen LogP contribution is -2.12. The number of hydrogen-bond acceptors (Lipinski definition) is 4. The summed E-state index contributed by atoms with van der Waals surface area (Å²) in [6.45, 7) is 2.10. The second-order valence-electron chi connectivity index (χ2n) is 6.90. The van der Waals surface area contributed by atoms with Crippen LogP contribution in [0.2, 0.25) is 0 Å². The van der Waals surface area contributed by atoms with Gasteiger partial charge >= 0.3 is 0 Å². The van der Waals surface area contributed by atoms with Gasteiger partial charge in [-0.05, 0) is 66.6 Å². The Morgan fingerprint density at radius 1 is 0.900 bits per heavy atom. The van der Waals surface area contributed by atoms with Gasteiger partial charge in [0.25, 0.3) is 5.91 Å². The molecule has 0 saturated heterocycles. The number of aryl methyl sites for hydroxylation is 1. The average molecular weight is 401 g/mol. The summed E-state index contributed by atoms with van der Waals surface area (Å²) in [7, 11) is 3.21. The maximum absolute atomic E-state index is 13.3. The van der Waals surface area contributed by atoms with Gasteiger partial charge < -0.3 is 19.2 Å². The summed E-state index contributed by atoms with van der Waals surface area (Å²) in [6.07, 6.45) is 0.946. The summed E-state index contributed by atoms with van der Waals surface area (Å²) >= 11 is 0. The van der Waals surface area contributed by atoms with E-state index in [2.05, 4.69) is 12.2 Å². The summed E-state index contributed by atoms with van der Waals surface area (Å²) in [5.74, 6) is 1.66. The predicted octanol–water partition coefficient (Wildman–Crippen LogP) is 5.93. The largest absolute Gasteiger partial charge is 0.497 e. The van der Waals surface area contributed by atoms with Crippen molar-refractivity contribution >= 4 is 22.6 Å². The molecule has 0 atom stereocenters. The summed E-state index contributed by atoms with van der Waals surface area (Å²) in [4.78, 5) is 13.3. The SMILES string of the molecule is CCc1ccc(NC(=O)c2c(-c3ccc(OC)cc3)oc3ccc(OC)cc23)cc1. The van der Waals surface area contributed by atoms with Crippen molar-refractivity contribution in [2.75, 3.05) is 19.5 Å². The molecule has 0 saturated carbocycles. The minimum absolute atomic E-state index is 0.239. The van der Waals surface area contributed by atoms with Crippen LogP contribution in [-0.4, -0.2) is 20.1 Å². The molecule has 1 heterocycles. The molecule has 0 fully saturated rings. The molecule has 0 bridgehead atoms. The number of benzene rings is 3. The van der Waals surface area contributed by atoms with E-state index in [1.54, 1.807) is 14.2 Å². The highest BCUT2D eigenvalue weighted by Gasteiger charge is 2.23. The van der Waals surface area contributed by atoms with Crippen LogP contribution in [0.15, 0.2) is 71.1 Å². The van der Waals surface area contributed by atoms with Crippen molar-refractivity contribution in [1.82, 2.24) is 0 Å². The van der Waals surface area contributed by atoms with Crippen LogP contribution >= 0.6 is 0 Å². The van der Waals surface area contributed by atoms with Gasteiger partial charge in [0.05, 0.1) is 19.8 Å². The second-order valence-corrected chi connectivity index (χ2v) is 6.90. The fourth-order valence-corrected chi connectivity index (χ4v) is 3.39. The van der Waals surface area contributed by atoms with Gasteiger partial charge in [-0.25, -0.2) is 0 Å². The van der Waals surface area contributed by atoms with Crippen molar-refractivity contribution in [3.63, 3.8) is 0 Å². The van der Waals surface area contributed by atoms with Crippen molar-refractivity contribution in [3.8, 4) is 22.8 Å². The van der Waals surface area contributed by atoms with Crippen molar-refractivity contribution in [2.24, 2.45) is 0 Å². The number of methoxy groups -OCH3 is 2. The quantitative estimate of drug-likeness (QED) is 0.435. The highest BCUT2D eigenvalue weighted by atomic mass is 16.5. The van der Waals surface area contributed by atoms with Crippen molar-refractivity contribution in [3.05, 3.63) is 77.9 Å². The predicted molar refractivity (Wildman–Crippen MR) is 119 cm³/mol. The lowest BCUT2D eigenvalue weighted by Gasteiger charge is -2.08. The molecule has 1 amide bonds. The number of furan rings is 1. The first kappa shape index (κ1) is 19.6. The highest BCUT2D eigenvalue weighted by molar-refractivity contribution is 6.16. The Kier molecular flexibility index (Phi) is 5.44. The number of carbonyl (C=O) groups is 1. The number of amides is 1. The molecule has 0 spiro atoms. The molecule has 4 aromatic rings. The van der Waals surface area contributed by atoms with Crippen LogP contribution in [0.4, 0.5) is 5.69 Å². The molecule has 0 radical (unpaired) electrons. The third-order valence-corrected chi connectivity index (χ3v) is 5.09. The Bertz CT molecular complexity index is 1170. The van der Waals surface area contributed by atoms with E-state index < -0.39 is 0 Å². The van der Waals surface area contributed by atoms with E-state index in [1.165, 1.54) is 5.56 Å². The zero-order valence-corrected chi connectivity index (χ0v) is 17.2. The summed E-state index contributed by atoms with van der Waals surface area (Å²) in [5.41, 5.74) is 3.82. The smallest absolute Gasteiger partial charge is 0.260 e. The van der Waals surface area contributed by atoms with Crippen LogP contribution in [0.5, 0.6) is 11.5 Å². The second kappa shape index (κ2) is 8.33. The van der Waals surface area contributed by atoms with Crippen LogP contribution in [0, 0.1) is 0 Å². The fraction of sp³-hybridized carbons (Fsp3) is 0.160. The van der Waals surface area contributed by atoms with Gasteiger partial charge in [-0.15, -0.1) is 0 Å². The molecule has 1 N–H and O–H groups in total. The third kappa shape index (κ3) is 3.74. The molecule has 4 rings (SSSR count). The fourth-order valence-electron chi connectivity index (χ4n) is 3.39. The summed E-state index contributed by atoms with van der Waals surface area (Å²) in [6, 6.07) is 20.7. The van der Waals surface area contributed by atoms with E-state index in [-0.39, 0.29) is 5.91 Å². The molecule has 5 heteroatoms. The van der Waals surface area contributed by atoms with Crippen LogP contribution < -0.4 is 14.8 Å². The highest BCUT2D eigenvalue weighted by Crippen LogP contribution is 2.36. The molecule has 30 heavy (non-hydrogen) atoms. The zero-order chi connectivity index (χ0) is 21.1. The first-order valence-corrected chi connectivity index (χ1v) is 9.78. The molecule has 0 aliphatic rings. The van der Waals surface area contributed by atoms with Crippen LogP contribution in [-0.2, 0) is 6.42 Å². The third-order valence-electron chi connectivity index (χ3n) is 5.09. The molecule has 0 unspecified atom stereocenters. The molecule has 1 aromatic heterocycles. The summed E-state index contributed by atoms with van der Waals surface area (Å²) in [5, 5.41) is 3.69. The van der Waals surface area contributed by atoms with Gasteiger partial charge in [0.15, 0.2) is 0 Å². The van der Waals surface area contributed by atoms with E-state index in [0.29, 0.717) is 28.0 Å². The van der Waals surface area contributed by atoms with Gasteiger partial charge in [-0.1, -0.05) is 19.1 Å². The van der Waals surface area contributed by atoms with Gasteiger partial charge in [0.2, 0.25) is 0 Å². The van der Waals surface area contributed by atoms with E-state index in [4.69, 9.17) is 13.9 Å². The van der Waals surface area contributed by atoms with E-state index in [1.807, 2.05) is 66.7 Å². The van der Waals surface area contributed by atoms with Gasteiger partial charge in [0, 0.05) is 16.6 Å². The molecule has 152 valence electrons. The Balaban J connectivity index is 1.80. The maximum Gasteiger partial charge on any atom is 0.260 e.